The molecule has 0 bridgehead atoms. The molecule has 0 aliphatic carbocycles. The molecule has 0 aliphatic heterocycles. The Kier molecular flexibility index (Phi) is 6.60. The van der Waals surface area contributed by atoms with Gasteiger partial charge in [-0.3, -0.25) is 9.59 Å². The summed E-state index contributed by atoms with van der Waals surface area (Å²) in [5.74, 6) is -0.909. The number of carbonyl (C=O) groups is 2. The SMILES string of the molecule is CC(CCC(=O)O)NCC(=O)NCc1ccccc1. The van der Waals surface area contributed by atoms with Crippen LogP contribution in [0.3, 0.4) is 0 Å². The molecule has 1 unspecified atom stereocenters. The van der Waals surface area contributed by atoms with Gasteiger partial charge in [0.1, 0.15) is 0 Å². The summed E-state index contributed by atoms with van der Waals surface area (Å²) in [6, 6.07) is 9.68. The fourth-order valence-electron chi connectivity index (χ4n) is 1.57. The summed E-state index contributed by atoms with van der Waals surface area (Å²) >= 11 is 0. The van der Waals surface area contributed by atoms with Crippen LogP contribution in [0.5, 0.6) is 0 Å². The van der Waals surface area contributed by atoms with Crippen molar-refractivity contribution in [2.24, 2.45) is 0 Å². The molecule has 0 aromatic heterocycles. The maximum absolute atomic E-state index is 11.6. The van der Waals surface area contributed by atoms with Crippen molar-refractivity contribution in [2.45, 2.75) is 32.4 Å². The minimum Gasteiger partial charge on any atom is -0.481 e. The summed E-state index contributed by atoms with van der Waals surface area (Å²) in [7, 11) is 0. The maximum atomic E-state index is 11.6. The van der Waals surface area contributed by atoms with Gasteiger partial charge in [-0.1, -0.05) is 30.3 Å². The number of rotatable bonds is 8. The fourth-order valence-corrected chi connectivity index (χ4v) is 1.57. The van der Waals surface area contributed by atoms with Crippen molar-refractivity contribution < 1.29 is 14.7 Å². The van der Waals surface area contributed by atoms with E-state index in [0.29, 0.717) is 13.0 Å². The van der Waals surface area contributed by atoms with Gasteiger partial charge < -0.3 is 15.7 Å². The highest BCUT2D eigenvalue weighted by Crippen LogP contribution is 1.97. The van der Waals surface area contributed by atoms with Gasteiger partial charge in [-0.25, -0.2) is 0 Å². The number of amides is 1. The van der Waals surface area contributed by atoms with E-state index in [2.05, 4.69) is 10.6 Å². The zero-order valence-corrected chi connectivity index (χ0v) is 11.1. The number of aliphatic carboxylic acids is 1. The molecule has 0 aliphatic rings. The fraction of sp³-hybridized carbons (Fsp3) is 0.429. The Morgan fingerprint density at radius 3 is 2.58 bits per heavy atom. The Labute approximate surface area is 113 Å². The molecule has 1 amide bonds. The molecule has 0 saturated heterocycles. The van der Waals surface area contributed by atoms with Gasteiger partial charge in [0.2, 0.25) is 5.91 Å². The molecule has 19 heavy (non-hydrogen) atoms. The van der Waals surface area contributed by atoms with Gasteiger partial charge in [0.05, 0.1) is 6.54 Å². The smallest absolute Gasteiger partial charge is 0.303 e. The van der Waals surface area contributed by atoms with Crippen LogP contribution in [0, 0.1) is 0 Å². The van der Waals surface area contributed by atoms with Crippen LogP contribution in [0.1, 0.15) is 25.3 Å². The van der Waals surface area contributed by atoms with E-state index >= 15 is 0 Å². The van der Waals surface area contributed by atoms with Crippen molar-refractivity contribution in [2.75, 3.05) is 6.54 Å². The molecular formula is C14H20N2O3. The molecule has 0 fully saturated rings. The second-order valence-corrected chi connectivity index (χ2v) is 4.48. The average Bonchev–Trinajstić information content (AvgIpc) is 2.41. The van der Waals surface area contributed by atoms with Gasteiger partial charge in [-0.2, -0.15) is 0 Å². The van der Waals surface area contributed by atoms with Crippen molar-refractivity contribution in [3.8, 4) is 0 Å². The first kappa shape index (κ1) is 15.2. The van der Waals surface area contributed by atoms with E-state index in [1.165, 1.54) is 0 Å². The number of hydrogen-bond acceptors (Lipinski definition) is 3. The second-order valence-electron chi connectivity index (χ2n) is 4.48. The molecule has 104 valence electrons. The Bertz CT molecular complexity index is 406. The number of benzene rings is 1. The van der Waals surface area contributed by atoms with Crippen molar-refractivity contribution in [1.29, 1.82) is 0 Å². The first-order chi connectivity index (χ1) is 9.08. The molecule has 0 spiro atoms. The highest BCUT2D eigenvalue weighted by atomic mass is 16.4. The van der Waals surface area contributed by atoms with Crippen LogP contribution in [-0.4, -0.2) is 29.6 Å². The summed E-state index contributed by atoms with van der Waals surface area (Å²) in [6.45, 7) is 2.58. The topological polar surface area (TPSA) is 78.4 Å². The molecule has 5 nitrogen and oxygen atoms in total. The summed E-state index contributed by atoms with van der Waals surface area (Å²) in [5.41, 5.74) is 1.05. The van der Waals surface area contributed by atoms with Gasteiger partial charge in [-0.15, -0.1) is 0 Å². The zero-order chi connectivity index (χ0) is 14.1. The lowest BCUT2D eigenvalue weighted by Gasteiger charge is -2.12. The third kappa shape index (κ3) is 7.21. The van der Waals surface area contributed by atoms with Crippen molar-refractivity contribution in [3.63, 3.8) is 0 Å². The minimum atomic E-state index is -0.817. The van der Waals surface area contributed by atoms with E-state index in [-0.39, 0.29) is 24.9 Å². The number of carboxylic acids is 1. The average molecular weight is 264 g/mol. The van der Waals surface area contributed by atoms with Crippen molar-refractivity contribution in [1.82, 2.24) is 10.6 Å². The molecule has 1 aromatic carbocycles. The van der Waals surface area contributed by atoms with Crippen molar-refractivity contribution >= 4 is 11.9 Å². The maximum Gasteiger partial charge on any atom is 0.303 e. The first-order valence-electron chi connectivity index (χ1n) is 6.33. The number of carbonyl (C=O) groups excluding carboxylic acids is 1. The minimum absolute atomic E-state index is 0.0126. The number of hydrogen-bond donors (Lipinski definition) is 3. The molecule has 1 rings (SSSR count). The Balaban J connectivity index is 2.16. The van der Waals surface area contributed by atoms with Crippen LogP contribution in [0.25, 0.3) is 0 Å². The van der Waals surface area contributed by atoms with E-state index in [4.69, 9.17) is 5.11 Å². The summed E-state index contributed by atoms with van der Waals surface area (Å²) in [4.78, 5) is 22.0. The lowest BCUT2D eigenvalue weighted by molar-refractivity contribution is -0.137. The predicted octanol–water partition coefficient (Wildman–Crippen LogP) is 1.15. The molecule has 0 radical (unpaired) electrons. The lowest BCUT2D eigenvalue weighted by Crippen LogP contribution is -2.37. The van der Waals surface area contributed by atoms with Gasteiger partial charge in [0.25, 0.3) is 0 Å². The molecule has 0 heterocycles. The quantitative estimate of drug-likeness (QED) is 0.658. The molecule has 1 aromatic rings. The van der Waals surface area contributed by atoms with Crippen LogP contribution in [0.15, 0.2) is 30.3 Å². The number of nitrogens with one attached hydrogen (secondary N) is 2. The molecule has 1 atom stereocenters. The van der Waals surface area contributed by atoms with Crippen LogP contribution in [0.2, 0.25) is 0 Å². The third-order valence-corrected chi connectivity index (χ3v) is 2.73. The van der Waals surface area contributed by atoms with E-state index in [0.717, 1.165) is 5.56 Å². The number of carboxylic acid groups (broad SMARTS) is 1. The largest absolute Gasteiger partial charge is 0.481 e. The van der Waals surface area contributed by atoms with E-state index in [1.54, 1.807) is 0 Å². The van der Waals surface area contributed by atoms with Gasteiger partial charge in [-0.05, 0) is 18.9 Å². The molecule has 5 heteroatoms. The molecule has 3 N–H and O–H groups in total. The van der Waals surface area contributed by atoms with E-state index < -0.39 is 5.97 Å². The monoisotopic (exact) mass is 264 g/mol. The van der Waals surface area contributed by atoms with Gasteiger partial charge >= 0.3 is 5.97 Å². The summed E-state index contributed by atoms with van der Waals surface area (Å²) in [6.07, 6.45) is 0.626. The Hall–Kier alpha value is -1.88. The van der Waals surface area contributed by atoms with Crippen molar-refractivity contribution in [3.05, 3.63) is 35.9 Å². The lowest BCUT2D eigenvalue weighted by atomic mass is 10.2. The standard InChI is InChI=1S/C14H20N2O3/c1-11(7-8-14(18)19)15-10-13(17)16-9-12-5-3-2-4-6-12/h2-6,11,15H,7-10H2,1H3,(H,16,17)(H,18,19). The normalized spacial score (nSPS) is 11.8. The highest BCUT2D eigenvalue weighted by molar-refractivity contribution is 5.78. The van der Waals surface area contributed by atoms with Crippen LogP contribution in [0.4, 0.5) is 0 Å². The summed E-state index contributed by atoms with van der Waals surface area (Å²) in [5, 5.41) is 14.3. The third-order valence-electron chi connectivity index (χ3n) is 2.73. The zero-order valence-electron chi connectivity index (χ0n) is 11.1. The van der Waals surface area contributed by atoms with E-state index in [9.17, 15) is 9.59 Å². The van der Waals surface area contributed by atoms with E-state index in [1.807, 2.05) is 37.3 Å². The Morgan fingerprint density at radius 1 is 1.26 bits per heavy atom. The Morgan fingerprint density at radius 2 is 1.95 bits per heavy atom. The second kappa shape index (κ2) is 8.26. The summed E-state index contributed by atoms with van der Waals surface area (Å²) < 4.78 is 0. The van der Waals surface area contributed by atoms with Gasteiger partial charge in [0, 0.05) is 19.0 Å². The van der Waals surface area contributed by atoms with Crippen LogP contribution >= 0.6 is 0 Å². The van der Waals surface area contributed by atoms with Crippen LogP contribution in [-0.2, 0) is 16.1 Å². The van der Waals surface area contributed by atoms with Crippen LogP contribution < -0.4 is 10.6 Å². The van der Waals surface area contributed by atoms with Gasteiger partial charge in [0.15, 0.2) is 0 Å². The molecular weight excluding hydrogens is 244 g/mol. The predicted molar refractivity (Wildman–Crippen MR) is 72.6 cm³/mol. The first-order valence-corrected chi connectivity index (χ1v) is 6.33. The highest BCUT2D eigenvalue weighted by Gasteiger charge is 2.07. The molecule has 0 saturated carbocycles.